The number of allylic oxidation sites excluding steroid dienone is 4. The molecule has 0 amide bonds. The van der Waals surface area contributed by atoms with E-state index < -0.39 is 23.2 Å². The van der Waals surface area contributed by atoms with Crippen molar-refractivity contribution in [1.82, 2.24) is 4.57 Å². The third kappa shape index (κ3) is 2.99. The molecule has 1 aromatic heterocycles. The zero-order chi connectivity index (χ0) is 20.0. The van der Waals surface area contributed by atoms with E-state index in [1.54, 1.807) is 30.3 Å². The molecule has 0 spiro atoms. The summed E-state index contributed by atoms with van der Waals surface area (Å²) >= 11 is 0. The van der Waals surface area contributed by atoms with Crippen molar-refractivity contribution in [2.45, 2.75) is 31.8 Å². The van der Waals surface area contributed by atoms with Crippen LogP contribution in [0.3, 0.4) is 0 Å². The Labute approximate surface area is 161 Å². The summed E-state index contributed by atoms with van der Waals surface area (Å²) in [7, 11) is 0. The van der Waals surface area contributed by atoms with Gasteiger partial charge in [0.2, 0.25) is 5.43 Å². The van der Waals surface area contributed by atoms with E-state index in [4.69, 9.17) is 0 Å². The third-order valence-electron chi connectivity index (χ3n) is 5.52. The normalized spacial score (nSPS) is 22.5. The highest BCUT2D eigenvalue weighted by atomic mass is 19.1. The monoisotopic (exact) mass is 381 g/mol. The number of carbonyl (C=O) groups excluding carboxylic acids is 1. The summed E-state index contributed by atoms with van der Waals surface area (Å²) in [5.41, 5.74) is 1.69. The minimum atomic E-state index is -0.940. The van der Waals surface area contributed by atoms with Gasteiger partial charge in [0.15, 0.2) is 11.5 Å². The quantitative estimate of drug-likeness (QED) is 0.854. The van der Waals surface area contributed by atoms with Gasteiger partial charge in [-0.05, 0) is 42.7 Å². The summed E-state index contributed by atoms with van der Waals surface area (Å²) in [6.45, 7) is 1.52. The van der Waals surface area contributed by atoms with E-state index in [1.165, 1.54) is 29.8 Å². The highest BCUT2D eigenvalue weighted by Crippen LogP contribution is 2.46. The Bertz CT molecular complexity index is 1080. The Balaban J connectivity index is 1.81. The maximum atomic E-state index is 14.7. The Kier molecular flexibility index (Phi) is 4.51. The Hall–Kier alpha value is -2.99. The molecule has 2 aromatic rings. The summed E-state index contributed by atoms with van der Waals surface area (Å²) in [6.07, 6.45) is 4.29. The number of nitrogens with zero attached hydrogens (tertiary/aromatic N) is 1. The molecule has 0 bridgehead atoms. The SMILES string of the molecule is CC(O)c1cc(=O)c(O)cn1-c1cccc(C2C(F)=CC=C3C(=O)CCC32)c1. The van der Waals surface area contributed by atoms with Gasteiger partial charge in [0, 0.05) is 30.0 Å². The lowest BCUT2D eigenvalue weighted by Crippen LogP contribution is -2.18. The molecule has 0 radical (unpaired) electrons. The van der Waals surface area contributed by atoms with Crippen LogP contribution in [0.5, 0.6) is 5.75 Å². The van der Waals surface area contributed by atoms with Gasteiger partial charge in [0.05, 0.1) is 18.0 Å². The molecule has 6 heteroatoms. The van der Waals surface area contributed by atoms with Crippen molar-refractivity contribution in [3.8, 4) is 11.4 Å². The number of carbonyl (C=O) groups is 1. The van der Waals surface area contributed by atoms with Crippen LogP contribution in [0.25, 0.3) is 5.69 Å². The summed E-state index contributed by atoms with van der Waals surface area (Å²) < 4.78 is 16.3. The largest absolute Gasteiger partial charge is 0.503 e. The van der Waals surface area contributed by atoms with E-state index in [9.17, 15) is 24.2 Å². The van der Waals surface area contributed by atoms with Crippen LogP contribution in [-0.2, 0) is 4.79 Å². The zero-order valence-electron chi connectivity index (χ0n) is 15.3. The first kappa shape index (κ1) is 18.4. The van der Waals surface area contributed by atoms with Gasteiger partial charge >= 0.3 is 0 Å². The average Bonchev–Trinajstić information content (AvgIpc) is 3.04. The lowest BCUT2D eigenvalue weighted by atomic mass is 9.78. The van der Waals surface area contributed by atoms with Crippen molar-refractivity contribution in [1.29, 1.82) is 0 Å². The third-order valence-corrected chi connectivity index (χ3v) is 5.52. The van der Waals surface area contributed by atoms with E-state index in [-0.39, 0.29) is 17.5 Å². The van der Waals surface area contributed by atoms with E-state index in [0.717, 1.165) is 0 Å². The average molecular weight is 381 g/mol. The second kappa shape index (κ2) is 6.87. The molecule has 2 aliphatic carbocycles. The van der Waals surface area contributed by atoms with Crippen molar-refractivity contribution in [2.24, 2.45) is 5.92 Å². The molecule has 28 heavy (non-hydrogen) atoms. The molecule has 0 aliphatic heterocycles. The predicted octanol–water partition coefficient (Wildman–Crippen LogP) is 3.45. The Morgan fingerprint density at radius 3 is 2.75 bits per heavy atom. The number of ketones is 1. The standard InChI is InChI=1S/C22H20FNO4/c1-12(25)18-10-20(27)21(28)11-24(18)14-4-2-3-13(9-14)22-16-6-8-19(26)15(16)5-7-17(22)23/h2-5,7,9-12,16,22,25,28H,6,8H2,1H3. The van der Waals surface area contributed by atoms with Crippen molar-refractivity contribution >= 4 is 5.78 Å². The number of aliphatic hydroxyl groups excluding tert-OH is 1. The molecule has 1 heterocycles. The number of rotatable bonds is 3. The van der Waals surface area contributed by atoms with Crippen LogP contribution in [0, 0.1) is 5.92 Å². The lowest BCUT2D eigenvalue weighted by molar-refractivity contribution is -0.114. The highest BCUT2D eigenvalue weighted by Gasteiger charge is 2.39. The predicted molar refractivity (Wildman–Crippen MR) is 102 cm³/mol. The molecule has 4 rings (SSSR count). The Morgan fingerprint density at radius 1 is 1.21 bits per heavy atom. The smallest absolute Gasteiger partial charge is 0.223 e. The molecule has 1 aromatic carbocycles. The van der Waals surface area contributed by atoms with Crippen LogP contribution in [0.1, 0.15) is 43.0 Å². The number of halogens is 1. The molecule has 3 unspecified atom stereocenters. The lowest BCUT2D eigenvalue weighted by Gasteiger charge is -2.27. The molecular formula is C22H20FNO4. The van der Waals surface area contributed by atoms with Crippen LogP contribution in [0.2, 0.25) is 0 Å². The number of aliphatic hydroxyl groups is 1. The van der Waals surface area contributed by atoms with Gasteiger partial charge in [-0.1, -0.05) is 18.2 Å². The molecule has 3 atom stereocenters. The van der Waals surface area contributed by atoms with E-state index in [1.807, 2.05) is 0 Å². The fraction of sp³-hybridized carbons (Fsp3) is 0.273. The first-order valence-corrected chi connectivity index (χ1v) is 9.21. The molecule has 1 saturated carbocycles. The highest BCUT2D eigenvalue weighted by molar-refractivity contribution is 5.99. The number of Topliss-reactive ketones (excluding diaryl/α,β-unsaturated/α-hetero) is 1. The van der Waals surface area contributed by atoms with Gasteiger partial charge in [0.1, 0.15) is 5.83 Å². The first-order valence-electron chi connectivity index (χ1n) is 9.21. The number of aromatic hydroxyl groups is 1. The second-order valence-corrected chi connectivity index (χ2v) is 7.31. The zero-order valence-corrected chi connectivity index (χ0v) is 15.3. The number of benzene rings is 1. The number of hydrogen-bond acceptors (Lipinski definition) is 4. The van der Waals surface area contributed by atoms with Gasteiger partial charge in [-0.3, -0.25) is 9.59 Å². The van der Waals surface area contributed by atoms with Gasteiger partial charge in [0.25, 0.3) is 0 Å². The van der Waals surface area contributed by atoms with Crippen LogP contribution in [0.4, 0.5) is 4.39 Å². The first-order chi connectivity index (χ1) is 13.4. The van der Waals surface area contributed by atoms with Crippen molar-refractivity contribution in [2.75, 3.05) is 0 Å². The maximum Gasteiger partial charge on any atom is 0.223 e. The molecular weight excluding hydrogens is 361 g/mol. The van der Waals surface area contributed by atoms with Crippen molar-refractivity contribution < 1.29 is 19.4 Å². The van der Waals surface area contributed by atoms with Gasteiger partial charge in [-0.2, -0.15) is 0 Å². The van der Waals surface area contributed by atoms with Crippen LogP contribution >= 0.6 is 0 Å². The van der Waals surface area contributed by atoms with E-state index in [0.29, 0.717) is 35.4 Å². The van der Waals surface area contributed by atoms with E-state index in [2.05, 4.69) is 0 Å². The number of hydrogen-bond donors (Lipinski definition) is 2. The minimum Gasteiger partial charge on any atom is -0.503 e. The topological polar surface area (TPSA) is 79.5 Å². The van der Waals surface area contributed by atoms with Gasteiger partial charge < -0.3 is 14.8 Å². The fourth-order valence-corrected chi connectivity index (χ4v) is 4.16. The number of aromatic nitrogens is 1. The maximum absolute atomic E-state index is 14.7. The number of fused-ring (bicyclic) bond motifs is 1. The molecule has 1 fully saturated rings. The molecule has 2 aliphatic rings. The fourth-order valence-electron chi connectivity index (χ4n) is 4.16. The summed E-state index contributed by atoms with van der Waals surface area (Å²) in [5.74, 6) is -1.40. The van der Waals surface area contributed by atoms with Crippen LogP contribution in [0.15, 0.2) is 64.9 Å². The minimum absolute atomic E-state index is 0.0663. The Morgan fingerprint density at radius 2 is 2.00 bits per heavy atom. The van der Waals surface area contributed by atoms with Crippen LogP contribution < -0.4 is 5.43 Å². The molecule has 144 valence electrons. The molecule has 0 saturated heterocycles. The molecule has 2 N–H and O–H groups in total. The number of pyridine rings is 1. The molecule has 5 nitrogen and oxygen atoms in total. The summed E-state index contributed by atoms with van der Waals surface area (Å²) in [6, 6.07) is 8.26. The summed E-state index contributed by atoms with van der Waals surface area (Å²) in [4.78, 5) is 23.8. The van der Waals surface area contributed by atoms with Crippen molar-refractivity contribution in [3.05, 3.63) is 81.6 Å². The van der Waals surface area contributed by atoms with Crippen LogP contribution in [-0.4, -0.2) is 20.6 Å². The summed E-state index contributed by atoms with van der Waals surface area (Å²) in [5, 5.41) is 19.9. The van der Waals surface area contributed by atoms with Gasteiger partial charge in [-0.15, -0.1) is 0 Å². The van der Waals surface area contributed by atoms with Crippen molar-refractivity contribution in [3.63, 3.8) is 0 Å². The van der Waals surface area contributed by atoms with Gasteiger partial charge in [-0.25, -0.2) is 4.39 Å². The second-order valence-electron chi connectivity index (χ2n) is 7.31. The van der Waals surface area contributed by atoms with E-state index >= 15 is 0 Å².